The summed E-state index contributed by atoms with van der Waals surface area (Å²) in [4.78, 5) is 28.7. The highest BCUT2D eigenvalue weighted by Crippen LogP contribution is 2.43. The van der Waals surface area contributed by atoms with E-state index in [2.05, 4.69) is 0 Å². The highest BCUT2D eigenvalue weighted by atomic mass is 35.5. The van der Waals surface area contributed by atoms with E-state index in [0.29, 0.717) is 45.3 Å². The smallest absolute Gasteiger partial charge is 0.294 e. The molecule has 37 heavy (non-hydrogen) atoms. The summed E-state index contributed by atoms with van der Waals surface area (Å²) in [6.45, 7) is 4.25. The minimum absolute atomic E-state index is 0.0540. The van der Waals surface area contributed by atoms with Crippen LogP contribution in [-0.4, -0.2) is 30.5 Å². The van der Waals surface area contributed by atoms with Gasteiger partial charge in [-0.1, -0.05) is 41.4 Å². The van der Waals surface area contributed by atoms with Crippen molar-refractivity contribution in [3.05, 3.63) is 100.0 Å². The lowest BCUT2D eigenvalue weighted by Crippen LogP contribution is -2.31. The third-order valence-electron chi connectivity index (χ3n) is 6.24. The largest absolute Gasteiger partial charge is 0.503 e. The first kappa shape index (κ1) is 24.5. The number of methoxy groups -OCH3 is 1. The Morgan fingerprint density at radius 1 is 1.11 bits per heavy atom. The van der Waals surface area contributed by atoms with Gasteiger partial charge >= 0.3 is 0 Å². The number of ether oxygens (including phenoxy) is 2. The number of fused-ring (bicyclic) bond motifs is 1. The third kappa shape index (κ3) is 4.32. The normalized spacial score (nSPS) is 15.5. The predicted octanol–water partition coefficient (Wildman–Crippen LogP) is 6.58. The highest BCUT2D eigenvalue weighted by Gasteiger charge is 2.45. The van der Waals surface area contributed by atoms with Crippen molar-refractivity contribution in [2.45, 2.75) is 19.9 Å². The molecule has 0 aliphatic carbocycles. The van der Waals surface area contributed by atoms with Crippen molar-refractivity contribution in [2.24, 2.45) is 0 Å². The summed E-state index contributed by atoms with van der Waals surface area (Å²) in [5.74, 6) is -1.05. The second-order valence-electron chi connectivity index (χ2n) is 8.65. The van der Waals surface area contributed by atoms with Crippen LogP contribution in [0.2, 0.25) is 5.02 Å². The topological polar surface area (TPSA) is 89.2 Å². The van der Waals surface area contributed by atoms with Crippen molar-refractivity contribution < 1.29 is 28.6 Å². The van der Waals surface area contributed by atoms with E-state index in [1.807, 2.05) is 26.0 Å². The van der Waals surface area contributed by atoms with E-state index in [-0.39, 0.29) is 11.3 Å². The van der Waals surface area contributed by atoms with Crippen LogP contribution < -0.4 is 14.4 Å². The van der Waals surface area contributed by atoms with Gasteiger partial charge < -0.3 is 19.0 Å². The van der Waals surface area contributed by atoms with Gasteiger partial charge in [-0.05, 0) is 55.8 Å². The Hall–Kier alpha value is -4.23. The Labute approximate surface area is 218 Å². The van der Waals surface area contributed by atoms with Crippen LogP contribution in [0.15, 0.2) is 82.5 Å². The van der Waals surface area contributed by atoms with Crippen molar-refractivity contribution in [3.8, 4) is 11.5 Å². The van der Waals surface area contributed by atoms with Crippen molar-refractivity contribution in [1.29, 1.82) is 0 Å². The number of aryl methyl sites for hydroxylation is 1. The van der Waals surface area contributed by atoms with Crippen LogP contribution in [0.25, 0.3) is 11.0 Å². The number of anilines is 1. The van der Waals surface area contributed by atoms with Gasteiger partial charge in [0.15, 0.2) is 22.9 Å². The molecular weight excluding hydrogens is 494 g/mol. The number of carbonyl (C=O) groups excluding carboxylic acids is 2. The number of ketones is 1. The molecule has 0 saturated heterocycles. The Kier molecular flexibility index (Phi) is 6.39. The number of halogens is 1. The monoisotopic (exact) mass is 517 g/mol. The van der Waals surface area contributed by atoms with Gasteiger partial charge in [0.1, 0.15) is 5.75 Å². The molecule has 1 aromatic heterocycles. The van der Waals surface area contributed by atoms with Gasteiger partial charge in [-0.2, -0.15) is 0 Å². The molecule has 0 radical (unpaired) electrons. The number of hydrogen-bond acceptors (Lipinski definition) is 6. The summed E-state index contributed by atoms with van der Waals surface area (Å²) in [7, 11) is 1.47. The minimum atomic E-state index is -0.915. The van der Waals surface area contributed by atoms with E-state index >= 15 is 0 Å². The van der Waals surface area contributed by atoms with E-state index in [0.717, 1.165) is 5.56 Å². The number of carbonyl (C=O) groups is 2. The number of hydrogen-bond donors (Lipinski definition) is 1. The summed E-state index contributed by atoms with van der Waals surface area (Å²) in [6, 6.07) is 18.2. The SMILES string of the molecule is CCOc1cccc(C2C(C(=O)c3cc4cc(Cl)cc(OC)c4o3)=C(O)C(=O)N2c2ccc(C)cc2)c1. The molecule has 1 aliphatic heterocycles. The summed E-state index contributed by atoms with van der Waals surface area (Å²) >= 11 is 6.18. The number of benzene rings is 3. The first-order valence-corrected chi connectivity index (χ1v) is 12.1. The average molecular weight is 518 g/mol. The molecule has 8 heteroatoms. The fourth-order valence-electron chi connectivity index (χ4n) is 4.55. The molecular formula is C29H24ClNO6. The second kappa shape index (κ2) is 9.67. The van der Waals surface area contributed by atoms with Gasteiger partial charge in [-0.25, -0.2) is 0 Å². The van der Waals surface area contributed by atoms with Crippen LogP contribution in [0, 0.1) is 6.92 Å². The zero-order valence-electron chi connectivity index (χ0n) is 20.4. The number of amides is 1. The van der Waals surface area contributed by atoms with Crippen LogP contribution in [-0.2, 0) is 4.79 Å². The Morgan fingerprint density at radius 3 is 2.57 bits per heavy atom. The van der Waals surface area contributed by atoms with Crippen LogP contribution in [0.1, 0.15) is 34.6 Å². The molecule has 0 spiro atoms. The van der Waals surface area contributed by atoms with Gasteiger partial charge in [0.2, 0.25) is 5.78 Å². The van der Waals surface area contributed by atoms with E-state index < -0.39 is 23.5 Å². The molecule has 1 amide bonds. The molecule has 188 valence electrons. The summed E-state index contributed by atoms with van der Waals surface area (Å²) in [5, 5.41) is 12.0. The van der Waals surface area contributed by atoms with Crippen LogP contribution in [0.4, 0.5) is 5.69 Å². The fraction of sp³-hybridized carbons (Fsp3) is 0.172. The van der Waals surface area contributed by atoms with E-state index in [4.69, 9.17) is 25.5 Å². The molecule has 0 fully saturated rings. The number of furan rings is 1. The summed E-state index contributed by atoms with van der Waals surface area (Å²) in [6.07, 6.45) is 0. The third-order valence-corrected chi connectivity index (χ3v) is 6.46. The van der Waals surface area contributed by atoms with E-state index in [1.165, 1.54) is 18.1 Å². The molecule has 0 bridgehead atoms. The van der Waals surface area contributed by atoms with Gasteiger partial charge in [0.05, 0.1) is 25.3 Å². The molecule has 1 N–H and O–H groups in total. The Morgan fingerprint density at radius 2 is 1.86 bits per heavy atom. The maximum atomic E-state index is 13.9. The molecule has 0 saturated carbocycles. The molecule has 3 aromatic carbocycles. The summed E-state index contributed by atoms with van der Waals surface area (Å²) < 4.78 is 16.9. The Bertz CT molecular complexity index is 1550. The van der Waals surface area contributed by atoms with Gasteiger partial charge in [-0.3, -0.25) is 14.5 Å². The van der Waals surface area contributed by atoms with E-state index in [1.54, 1.807) is 48.5 Å². The second-order valence-corrected chi connectivity index (χ2v) is 9.08. The maximum Gasteiger partial charge on any atom is 0.294 e. The maximum absolute atomic E-state index is 13.9. The molecule has 2 heterocycles. The molecule has 7 nitrogen and oxygen atoms in total. The molecule has 1 unspecified atom stereocenters. The van der Waals surface area contributed by atoms with Crippen LogP contribution in [0.5, 0.6) is 11.5 Å². The van der Waals surface area contributed by atoms with Gasteiger partial charge in [-0.15, -0.1) is 0 Å². The van der Waals surface area contributed by atoms with Gasteiger partial charge in [0.25, 0.3) is 5.91 Å². The number of nitrogens with zero attached hydrogens (tertiary/aromatic N) is 1. The lowest BCUT2D eigenvalue weighted by Gasteiger charge is -2.27. The average Bonchev–Trinajstić information content (AvgIpc) is 3.43. The summed E-state index contributed by atoms with van der Waals surface area (Å²) in [5.41, 5.74) is 2.39. The minimum Gasteiger partial charge on any atom is -0.503 e. The molecule has 1 atom stereocenters. The predicted molar refractivity (Wildman–Crippen MR) is 141 cm³/mol. The van der Waals surface area contributed by atoms with E-state index in [9.17, 15) is 14.7 Å². The molecule has 4 aromatic rings. The zero-order valence-corrected chi connectivity index (χ0v) is 21.2. The first-order chi connectivity index (χ1) is 17.8. The van der Waals surface area contributed by atoms with Crippen LogP contribution in [0.3, 0.4) is 0 Å². The highest BCUT2D eigenvalue weighted by molar-refractivity contribution is 6.31. The first-order valence-electron chi connectivity index (χ1n) is 11.7. The molecule has 5 rings (SSSR count). The van der Waals surface area contributed by atoms with Crippen molar-refractivity contribution in [1.82, 2.24) is 0 Å². The number of Topliss-reactive ketones (excluding diaryl/α,β-unsaturated/α-hetero) is 1. The quantitative estimate of drug-likeness (QED) is 0.278. The number of aliphatic hydroxyl groups is 1. The van der Waals surface area contributed by atoms with Crippen LogP contribution >= 0.6 is 11.6 Å². The van der Waals surface area contributed by atoms with Crippen molar-refractivity contribution >= 4 is 39.9 Å². The van der Waals surface area contributed by atoms with Crippen molar-refractivity contribution in [2.75, 3.05) is 18.6 Å². The fourth-order valence-corrected chi connectivity index (χ4v) is 4.76. The Balaban J connectivity index is 1.66. The molecule has 1 aliphatic rings. The van der Waals surface area contributed by atoms with Crippen molar-refractivity contribution in [3.63, 3.8) is 0 Å². The number of aliphatic hydroxyl groups excluding tert-OH is 1. The standard InChI is InChI=1S/C29H24ClNO6/c1-4-36-21-7-5-6-17(13-21)25-24(27(33)29(34)31(25)20-10-8-16(2)9-11-20)26(32)22-14-18-12-19(30)15-23(35-3)28(18)37-22/h5-15,25,33H,4H2,1-3H3. The van der Waals surface area contributed by atoms with Gasteiger partial charge in [0, 0.05) is 22.2 Å². The lowest BCUT2D eigenvalue weighted by atomic mass is 9.94. The number of rotatable bonds is 7. The lowest BCUT2D eigenvalue weighted by molar-refractivity contribution is -0.117. The zero-order chi connectivity index (χ0) is 26.3.